The molecule has 8 nitrogen and oxygen atoms in total. The molecule has 2 aromatic heterocycles. The van der Waals surface area contributed by atoms with Crippen molar-refractivity contribution in [3.63, 3.8) is 0 Å². The third-order valence-corrected chi connectivity index (χ3v) is 4.73. The van der Waals surface area contributed by atoms with Gasteiger partial charge in [-0.1, -0.05) is 25.0 Å². The van der Waals surface area contributed by atoms with Crippen molar-refractivity contribution in [2.24, 2.45) is 0 Å². The topological polar surface area (TPSA) is 103 Å². The molecule has 140 valence electrons. The predicted molar refractivity (Wildman–Crippen MR) is 97.1 cm³/mol. The van der Waals surface area contributed by atoms with E-state index in [-0.39, 0.29) is 30.7 Å². The molecule has 1 amide bonds. The predicted octanol–water partition coefficient (Wildman–Crippen LogP) is 1.74. The number of hydrogen-bond acceptors (Lipinski definition) is 6. The monoisotopic (exact) mass is 369 g/mol. The van der Waals surface area contributed by atoms with Crippen LogP contribution in [0.3, 0.4) is 0 Å². The Morgan fingerprint density at radius 3 is 2.85 bits per heavy atom. The van der Waals surface area contributed by atoms with Gasteiger partial charge in [-0.2, -0.15) is 0 Å². The maximum absolute atomic E-state index is 12.5. The maximum Gasteiger partial charge on any atom is 0.326 e. The van der Waals surface area contributed by atoms with Gasteiger partial charge in [0.1, 0.15) is 17.6 Å². The molecule has 27 heavy (non-hydrogen) atoms. The number of nitrogens with zero attached hydrogens (tertiary/aromatic N) is 2. The van der Waals surface area contributed by atoms with Crippen LogP contribution in [0, 0.1) is 0 Å². The van der Waals surface area contributed by atoms with Crippen molar-refractivity contribution in [2.45, 2.75) is 38.3 Å². The van der Waals surface area contributed by atoms with E-state index in [0.29, 0.717) is 11.1 Å². The first-order chi connectivity index (χ1) is 13.1. The molecule has 1 N–H and O–H groups in total. The Bertz CT molecular complexity index is 1060. The fourth-order valence-electron chi connectivity index (χ4n) is 3.40. The van der Waals surface area contributed by atoms with Crippen molar-refractivity contribution >= 4 is 33.9 Å². The molecule has 0 bridgehead atoms. The van der Waals surface area contributed by atoms with E-state index in [1.807, 2.05) is 12.1 Å². The summed E-state index contributed by atoms with van der Waals surface area (Å²) >= 11 is 0. The zero-order chi connectivity index (χ0) is 18.8. The Labute approximate surface area is 154 Å². The third kappa shape index (κ3) is 3.55. The lowest BCUT2D eigenvalue weighted by molar-refractivity contribution is -0.149. The SMILES string of the molecule is O=C(COC(=O)Cn1cnc2c(oc3ccccc32)c1=O)NC1CCCC1. The summed E-state index contributed by atoms with van der Waals surface area (Å²) in [7, 11) is 0. The quantitative estimate of drug-likeness (QED) is 0.687. The molecule has 1 aliphatic rings. The number of esters is 1. The third-order valence-electron chi connectivity index (χ3n) is 4.73. The molecule has 3 aromatic rings. The van der Waals surface area contributed by atoms with E-state index in [2.05, 4.69) is 10.3 Å². The molecule has 0 saturated heterocycles. The molecule has 1 saturated carbocycles. The number of benzene rings is 1. The summed E-state index contributed by atoms with van der Waals surface area (Å²) in [4.78, 5) is 40.6. The molecule has 2 heterocycles. The highest BCUT2D eigenvalue weighted by molar-refractivity contribution is 6.01. The van der Waals surface area contributed by atoms with Crippen LogP contribution < -0.4 is 10.9 Å². The van der Waals surface area contributed by atoms with Gasteiger partial charge in [0.25, 0.3) is 11.5 Å². The van der Waals surface area contributed by atoms with Crippen molar-refractivity contribution in [1.29, 1.82) is 0 Å². The first kappa shape index (κ1) is 17.3. The van der Waals surface area contributed by atoms with Crippen molar-refractivity contribution < 1.29 is 18.7 Å². The van der Waals surface area contributed by atoms with Crippen molar-refractivity contribution in [3.05, 3.63) is 40.9 Å². The maximum atomic E-state index is 12.5. The van der Waals surface area contributed by atoms with Gasteiger partial charge in [0.15, 0.2) is 6.61 Å². The van der Waals surface area contributed by atoms with Crippen LogP contribution in [0.4, 0.5) is 0 Å². The lowest BCUT2D eigenvalue weighted by Gasteiger charge is -2.12. The molecule has 0 spiro atoms. The highest BCUT2D eigenvalue weighted by atomic mass is 16.5. The highest BCUT2D eigenvalue weighted by Gasteiger charge is 2.19. The minimum absolute atomic E-state index is 0.0884. The van der Waals surface area contributed by atoms with Crippen molar-refractivity contribution in [2.75, 3.05) is 6.61 Å². The normalized spacial score (nSPS) is 14.7. The summed E-state index contributed by atoms with van der Waals surface area (Å²) in [6, 6.07) is 7.36. The molecular weight excluding hydrogens is 350 g/mol. The zero-order valence-electron chi connectivity index (χ0n) is 14.6. The first-order valence-corrected chi connectivity index (χ1v) is 8.93. The molecule has 8 heteroatoms. The molecule has 1 aliphatic carbocycles. The fraction of sp³-hybridized carbons (Fsp3) is 0.368. The zero-order valence-corrected chi connectivity index (χ0v) is 14.6. The summed E-state index contributed by atoms with van der Waals surface area (Å²) in [5.41, 5.74) is 0.631. The van der Waals surface area contributed by atoms with Gasteiger partial charge in [-0.05, 0) is 25.0 Å². The van der Waals surface area contributed by atoms with Gasteiger partial charge in [-0.15, -0.1) is 0 Å². The Morgan fingerprint density at radius 2 is 2.04 bits per heavy atom. The highest BCUT2D eigenvalue weighted by Crippen LogP contribution is 2.24. The van der Waals surface area contributed by atoms with Crippen LogP contribution in [0.2, 0.25) is 0 Å². The van der Waals surface area contributed by atoms with Crippen LogP contribution in [-0.2, 0) is 20.9 Å². The Morgan fingerprint density at radius 1 is 1.26 bits per heavy atom. The Hall–Kier alpha value is -3.16. The number of furan rings is 1. The Kier molecular flexibility index (Phi) is 4.62. The molecule has 0 unspecified atom stereocenters. The second-order valence-corrected chi connectivity index (χ2v) is 6.66. The minimum Gasteiger partial charge on any atom is -0.454 e. The minimum atomic E-state index is -0.684. The second-order valence-electron chi connectivity index (χ2n) is 6.66. The first-order valence-electron chi connectivity index (χ1n) is 8.93. The number of amides is 1. The fourth-order valence-corrected chi connectivity index (χ4v) is 3.40. The summed E-state index contributed by atoms with van der Waals surface area (Å²) in [5, 5.41) is 3.58. The van der Waals surface area contributed by atoms with E-state index in [1.165, 1.54) is 6.33 Å². The van der Waals surface area contributed by atoms with Crippen LogP contribution in [0.25, 0.3) is 22.1 Å². The van der Waals surface area contributed by atoms with Crippen LogP contribution >= 0.6 is 0 Å². The average Bonchev–Trinajstić information content (AvgIpc) is 3.30. The van der Waals surface area contributed by atoms with Crippen LogP contribution in [0.15, 0.2) is 39.8 Å². The van der Waals surface area contributed by atoms with E-state index in [1.54, 1.807) is 12.1 Å². The van der Waals surface area contributed by atoms with Crippen LogP contribution in [0.1, 0.15) is 25.7 Å². The molecular formula is C19H19N3O5. The van der Waals surface area contributed by atoms with Gasteiger partial charge < -0.3 is 14.5 Å². The number of para-hydroxylation sites is 1. The van der Waals surface area contributed by atoms with E-state index >= 15 is 0 Å². The van der Waals surface area contributed by atoms with Gasteiger partial charge in [0.05, 0.1) is 6.33 Å². The van der Waals surface area contributed by atoms with Gasteiger partial charge in [0.2, 0.25) is 5.58 Å². The number of hydrogen-bond donors (Lipinski definition) is 1. The van der Waals surface area contributed by atoms with Gasteiger partial charge in [-0.3, -0.25) is 19.0 Å². The Balaban J connectivity index is 1.42. The molecule has 0 radical (unpaired) electrons. The van der Waals surface area contributed by atoms with E-state index in [9.17, 15) is 14.4 Å². The van der Waals surface area contributed by atoms with Crippen molar-refractivity contribution in [1.82, 2.24) is 14.9 Å². The molecule has 0 aliphatic heterocycles. The summed E-state index contributed by atoms with van der Waals surface area (Å²) in [5.74, 6) is -1.01. The van der Waals surface area contributed by atoms with Gasteiger partial charge in [-0.25, -0.2) is 4.98 Å². The number of nitrogens with one attached hydrogen (secondary N) is 1. The number of carbonyl (C=O) groups is 2. The lowest BCUT2D eigenvalue weighted by Crippen LogP contribution is -2.36. The average molecular weight is 369 g/mol. The number of fused-ring (bicyclic) bond motifs is 3. The molecule has 1 fully saturated rings. The number of rotatable bonds is 5. The molecule has 0 atom stereocenters. The number of ether oxygens (including phenoxy) is 1. The second kappa shape index (κ2) is 7.22. The van der Waals surface area contributed by atoms with E-state index < -0.39 is 11.5 Å². The van der Waals surface area contributed by atoms with Gasteiger partial charge >= 0.3 is 5.97 Å². The molecule has 4 rings (SSSR count). The summed E-state index contributed by atoms with van der Waals surface area (Å²) in [6.07, 6.45) is 5.40. The summed E-state index contributed by atoms with van der Waals surface area (Å²) in [6.45, 7) is -0.695. The summed E-state index contributed by atoms with van der Waals surface area (Å²) < 4.78 is 11.7. The number of aromatic nitrogens is 2. The van der Waals surface area contributed by atoms with Crippen LogP contribution in [-0.4, -0.2) is 34.1 Å². The lowest BCUT2D eigenvalue weighted by atomic mass is 10.2. The molecule has 1 aromatic carbocycles. The standard InChI is InChI=1S/C19H19N3O5/c23-15(21-12-5-1-2-6-12)10-26-16(24)9-22-11-20-17-13-7-3-4-8-14(13)27-18(17)19(22)25/h3-4,7-8,11-12H,1-2,5-6,9-10H2,(H,21,23). The number of carbonyl (C=O) groups excluding carboxylic acids is 2. The largest absolute Gasteiger partial charge is 0.454 e. The van der Waals surface area contributed by atoms with Gasteiger partial charge in [0, 0.05) is 11.4 Å². The van der Waals surface area contributed by atoms with Crippen LogP contribution in [0.5, 0.6) is 0 Å². The van der Waals surface area contributed by atoms with Crippen molar-refractivity contribution in [3.8, 4) is 0 Å². The van der Waals surface area contributed by atoms with E-state index in [0.717, 1.165) is 35.6 Å². The smallest absolute Gasteiger partial charge is 0.326 e. The van der Waals surface area contributed by atoms with E-state index in [4.69, 9.17) is 9.15 Å².